The fourth-order valence-corrected chi connectivity index (χ4v) is 3.33. The second-order valence-electron chi connectivity index (χ2n) is 5.36. The minimum atomic E-state index is -3.62. The summed E-state index contributed by atoms with van der Waals surface area (Å²) < 4.78 is 22.1. The van der Waals surface area contributed by atoms with E-state index in [9.17, 15) is 18.0 Å². The summed E-state index contributed by atoms with van der Waals surface area (Å²) in [6, 6.07) is -0.407. The zero-order valence-corrected chi connectivity index (χ0v) is 11.9. The SMILES string of the molecule is CC(C)C(CC(=O)O)N1CC(CS(N)(=O)=O)CC1=O. The third kappa shape index (κ3) is 4.79. The second kappa shape index (κ2) is 5.87. The van der Waals surface area contributed by atoms with E-state index in [1.807, 2.05) is 13.8 Å². The number of primary sulfonamides is 1. The van der Waals surface area contributed by atoms with Crippen LogP contribution in [0.3, 0.4) is 0 Å². The Labute approximate surface area is 112 Å². The van der Waals surface area contributed by atoms with E-state index in [1.165, 1.54) is 4.90 Å². The summed E-state index contributed by atoms with van der Waals surface area (Å²) >= 11 is 0. The first-order chi connectivity index (χ1) is 8.60. The molecule has 1 fully saturated rings. The molecule has 0 aromatic heterocycles. The molecule has 0 saturated carbocycles. The van der Waals surface area contributed by atoms with E-state index in [2.05, 4.69) is 0 Å². The van der Waals surface area contributed by atoms with Gasteiger partial charge in [-0.3, -0.25) is 9.59 Å². The van der Waals surface area contributed by atoms with Crippen LogP contribution in [-0.4, -0.2) is 48.6 Å². The lowest BCUT2D eigenvalue weighted by Crippen LogP contribution is -2.41. The summed E-state index contributed by atoms with van der Waals surface area (Å²) in [5.41, 5.74) is 0. The van der Waals surface area contributed by atoms with Crippen molar-refractivity contribution in [1.29, 1.82) is 0 Å². The molecule has 0 radical (unpaired) electrons. The van der Waals surface area contributed by atoms with Gasteiger partial charge in [-0.1, -0.05) is 13.8 Å². The Morgan fingerprint density at radius 3 is 2.53 bits per heavy atom. The molecule has 0 aromatic rings. The third-order valence-electron chi connectivity index (χ3n) is 3.26. The number of carbonyl (C=O) groups is 2. The van der Waals surface area contributed by atoms with Crippen LogP contribution in [0.2, 0.25) is 0 Å². The van der Waals surface area contributed by atoms with Crippen molar-refractivity contribution in [2.24, 2.45) is 17.0 Å². The van der Waals surface area contributed by atoms with Crippen LogP contribution in [0.1, 0.15) is 26.7 Å². The molecule has 2 atom stereocenters. The van der Waals surface area contributed by atoms with Crippen LogP contribution >= 0.6 is 0 Å². The minimum absolute atomic E-state index is 0.00622. The van der Waals surface area contributed by atoms with Crippen molar-refractivity contribution in [1.82, 2.24) is 4.90 Å². The van der Waals surface area contributed by atoms with Crippen molar-refractivity contribution in [2.75, 3.05) is 12.3 Å². The van der Waals surface area contributed by atoms with E-state index >= 15 is 0 Å². The van der Waals surface area contributed by atoms with E-state index in [0.717, 1.165) is 0 Å². The number of carbonyl (C=O) groups excluding carboxylic acids is 1. The Hall–Kier alpha value is -1.15. The molecule has 7 nitrogen and oxygen atoms in total. The topological polar surface area (TPSA) is 118 Å². The Kier molecular flexibility index (Phi) is 4.92. The summed E-state index contributed by atoms with van der Waals surface area (Å²) in [6.07, 6.45) is -0.0230. The molecule has 1 aliphatic heterocycles. The first kappa shape index (κ1) is 15.9. The molecular weight excluding hydrogens is 272 g/mol. The summed E-state index contributed by atoms with van der Waals surface area (Å²) in [4.78, 5) is 24.2. The fourth-order valence-electron chi connectivity index (χ4n) is 2.45. The highest BCUT2D eigenvalue weighted by molar-refractivity contribution is 7.89. The maximum Gasteiger partial charge on any atom is 0.305 e. The van der Waals surface area contributed by atoms with Gasteiger partial charge in [-0.2, -0.15) is 0 Å². The van der Waals surface area contributed by atoms with Crippen LogP contribution in [-0.2, 0) is 19.6 Å². The van der Waals surface area contributed by atoms with Gasteiger partial charge in [0, 0.05) is 24.9 Å². The monoisotopic (exact) mass is 292 g/mol. The zero-order valence-electron chi connectivity index (χ0n) is 11.1. The van der Waals surface area contributed by atoms with Gasteiger partial charge in [-0.15, -0.1) is 0 Å². The van der Waals surface area contributed by atoms with Crippen molar-refractivity contribution in [3.05, 3.63) is 0 Å². The van der Waals surface area contributed by atoms with Crippen molar-refractivity contribution >= 4 is 21.9 Å². The van der Waals surface area contributed by atoms with Crippen molar-refractivity contribution < 1.29 is 23.1 Å². The number of carboxylic acids is 1. The molecule has 1 saturated heterocycles. The maximum absolute atomic E-state index is 11.9. The molecule has 2 unspecified atom stereocenters. The molecule has 19 heavy (non-hydrogen) atoms. The van der Waals surface area contributed by atoms with E-state index in [4.69, 9.17) is 10.2 Å². The Morgan fingerprint density at radius 2 is 2.11 bits per heavy atom. The highest BCUT2D eigenvalue weighted by Crippen LogP contribution is 2.25. The average molecular weight is 292 g/mol. The third-order valence-corrected chi connectivity index (χ3v) is 4.20. The van der Waals surface area contributed by atoms with Gasteiger partial charge in [-0.25, -0.2) is 13.6 Å². The van der Waals surface area contributed by atoms with Gasteiger partial charge in [0.15, 0.2) is 0 Å². The molecule has 8 heteroatoms. The minimum Gasteiger partial charge on any atom is -0.481 e. The zero-order chi connectivity index (χ0) is 14.8. The van der Waals surface area contributed by atoms with Crippen LogP contribution in [0.5, 0.6) is 0 Å². The normalized spacial score (nSPS) is 22.0. The first-order valence-corrected chi connectivity index (χ1v) is 7.83. The smallest absolute Gasteiger partial charge is 0.305 e. The number of hydrogen-bond acceptors (Lipinski definition) is 4. The van der Waals surface area contributed by atoms with Crippen molar-refractivity contribution in [3.63, 3.8) is 0 Å². The van der Waals surface area contributed by atoms with E-state index in [0.29, 0.717) is 0 Å². The molecular formula is C11H20N2O5S. The summed E-state index contributed by atoms with van der Waals surface area (Å²) in [5, 5.41) is 13.8. The largest absolute Gasteiger partial charge is 0.481 e. The van der Waals surface area contributed by atoms with Gasteiger partial charge in [-0.05, 0) is 5.92 Å². The van der Waals surface area contributed by atoms with E-state index in [-0.39, 0.29) is 42.9 Å². The molecule has 3 N–H and O–H groups in total. The van der Waals surface area contributed by atoms with Gasteiger partial charge >= 0.3 is 5.97 Å². The van der Waals surface area contributed by atoms with Crippen LogP contribution in [0.4, 0.5) is 0 Å². The van der Waals surface area contributed by atoms with Gasteiger partial charge in [0.2, 0.25) is 15.9 Å². The number of nitrogens with two attached hydrogens (primary N) is 1. The highest BCUT2D eigenvalue weighted by Gasteiger charge is 2.37. The quantitative estimate of drug-likeness (QED) is 0.692. The van der Waals surface area contributed by atoms with E-state index in [1.54, 1.807) is 0 Å². The predicted molar refractivity (Wildman–Crippen MR) is 68.7 cm³/mol. The van der Waals surface area contributed by atoms with E-state index < -0.39 is 22.0 Å². The molecule has 1 rings (SSSR count). The molecule has 1 aliphatic rings. The van der Waals surface area contributed by atoms with Crippen LogP contribution in [0.15, 0.2) is 0 Å². The molecule has 0 bridgehead atoms. The van der Waals surface area contributed by atoms with Gasteiger partial charge < -0.3 is 10.0 Å². The maximum atomic E-state index is 11.9. The first-order valence-electron chi connectivity index (χ1n) is 6.12. The van der Waals surface area contributed by atoms with Crippen LogP contribution in [0.25, 0.3) is 0 Å². The molecule has 1 amide bonds. The fraction of sp³-hybridized carbons (Fsp3) is 0.818. The number of aliphatic carboxylic acids is 1. The summed E-state index contributed by atoms with van der Waals surface area (Å²) in [5.74, 6) is -1.77. The van der Waals surface area contributed by atoms with Crippen molar-refractivity contribution in [2.45, 2.75) is 32.7 Å². The number of hydrogen-bond donors (Lipinski definition) is 2. The lowest BCUT2D eigenvalue weighted by atomic mass is 9.99. The second-order valence-corrected chi connectivity index (χ2v) is 7.01. The van der Waals surface area contributed by atoms with Crippen LogP contribution in [0, 0.1) is 11.8 Å². The number of amides is 1. The van der Waals surface area contributed by atoms with Gasteiger partial charge in [0.1, 0.15) is 0 Å². The Bertz CT molecular complexity index is 460. The molecule has 1 heterocycles. The predicted octanol–water partition coefficient (Wildman–Crippen LogP) is -0.377. The lowest BCUT2D eigenvalue weighted by molar-refractivity contribution is -0.140. The number of nitrogens with zero attached hydrogens (tertiary/aromatic N) is 1. The Morgan fingerprint density at radius 1 is 1.53 bits per heavy atom. The average Bonchev–Trinajstić information content (AvgIpc) is 2.52. The van der Waals surface area contributed by atoms with Crippen molar-refractivity contribution in [3.8, 4) is 0 Å². The lowest BCUT2D eigenvalue weighted by Gasteiger charge is -2.30. The standard InChI is InChI=1S/C11H20N2O5S/c1-7(2)9(4-11(15)16)13-5-8(3-10(13)14)6-19(12,17)18/h7-9H,3-6H2,1-2H3,(H,15,16)(H2,12,17,18). The Balaban J connectivity index is 2.77. The molecule has 0 aliphatic carbocycles. The van der Waals surface area contributed by atoms with Gasteiger partial charge in [0.05, 0.1) is 12.2 Å². The number of carboxylic acid groups (broad SMARTS) is 1. The molecule has 110 valence electrons. The van der Waals surface area contributed by atoms with Crippen LogP contribution < -0.4 is 5.14 Å². The number of likely N-dealkylation sites (tertiary alicyclic amines) is 1. The summed E-state index contributed by atoms with van der Waals surface area (Å²) in [7, 11) is -3.62. The molecule has 0 spiro atoms. The van der Waals surface area contributed by atoms with Gasteiger partial charge in [0.25, 0.3) is 0 Å². The highest BCUT2D eigenvalue weighted by atomic mass is 32.2. The molecule has 0 aromatic carbocycles. The number of sulfonamides is 1. The summed E-state index contributed by atoms with van der Waals surface area (Å²) in [6.45, 7) is 3.94. The number of rotatable bonds is 6.